The van der Waals surface area contributed by atoms with Crippen molar-refractivity contribution < 1.29 is 40.2 Å². The zero-order chi connectivity index (χ0) is 31.5. The number of methoxy groups -OCH3 is 2. The van der Waals surface area contributed by atoms with E-state index in [0.717, 1.165) is 34.8 Å². The molecule has 3 aromatic rings. The molecule has 0 fully saturated rings. The van der Waals surface area contributed by atoms with E-state index in [1.54, 1.807) is 0 Å². The normalized spacial score (nSPS) is 13.8. The van der Waals surface area contributed by atoms with Gasteiger partial charge in [0.05, 0.1) is 19.9 Å². The summed E-state index contributed by atoms with van der Waals surface area (Å²) >= 11 is 0. The van der Waals surface area contributed by atoms with Crippen LogP contribution in [-0.2, 0) is 23.2 Å². The first-order valence-electron chi connectivity index (χ1n) is 12.4. The highest BCUT2D eigenvalue weighted by atomic mass is 32.2. The molecule has 11 nitrogen and oxygen atoms in total. The highest BCUT2D eigenvalue weighted by Crippen LogP contribution is 2.38. The van der Waals surface area contributed by atoms with E-state index in [4.69, 9.17) is 20.3 Å². The third-order valence-corrected chi connectivity index (χ3v) is 7.81. The minimum absolute atomic E-state index is 0.00625. The van der Waals surface area contributed by atoms with Crippen molar-refractivity contribution in [3.8, 4) is 34.1 Å². The third-order valence-electron chi connectivity index (χ3n) is 6.34. The summed E-state index contributed by atoms with van der Waals surface area (Å²) in [6.07, 6.45) is -1.80. The van der Waals surface area contributed by atoms with Gasteiger partial charge in [-0.2, -0.15) is 12.7 Å². The van der Waals surface area contributed by atoms with E-state index in [9.17, 15) is 26.4 Å². The number of pyridine rings is 1. The van der Waals surface area contributed by atoms with Crippen molar-refractivity contribution in [1.82, 2.24) is 13.6 Å². The van der Waals surface area contributed by atoms with Crippen LogP contribution >= 0.6 is 0 Å². The molecule has 43 heavy (non-hydrogen) atoms. The van der Waals surface area contributed by atoms with Gasteiger partial charge in [0.15, 0.2) is 0 Å². The predicted octanol–water partition coefficient (Wildman–Crippen LogP) is 3.93. The van der Waals surface area contributed by atoms with E-state index >= 15 is 4.39 Å². The summed E-state index contributed by atoms with van der Waals surface area (Å²) in [6.45, 7) is -0.247. The first-order valence-corrected chi connectivity index (χ1v) is 13.8. The maximum absolute atomic E-state index is 15.6. The molecule has 3 N–H and O–H groups in total. The van der Waals surface area contributed by atoms with E-state index in [2.05, 4.69) is 9.46 Å². The number of nitrogens with one attached hydrogen (secondary N) is 3. The van der Waals surface area contributed by atoms with Gasteiger partial charge in [-0.05, 0) is 41.5 Å². The van der Waals surface area contributed by atoms with Crippen molar-refractivity contribution >= 4 is 22.3 Å². The highest BCUT2D eigenvalue weighted by molar-refractivity contribution is 7.87. The minimum atomic E-state index is -5.00. The summed E-state index contributed by atoms with van der Waals surface area (Å²) in [6, 6.07) is 8.14. The molecule has 1 aromatic heterocycles. The summed E-state index contributed by atoms with van der Waals surface area (Å²) in [7, 11) is -1.65. The Morgan fingerprint density at radius 3 is 2.44 bits per heavy atom. The molecular formula is C27H25F4N5O6S. The predicted molar refractivity (Wildman–Crippen MR) is 149 cm³/mol. The lowest BCUT2D eigenvalue weighted by Gasteiger charge is -2.30. The van der Waals surface area contributed by atoms with Gasteiger partial charge in [0.1, 0.15) is 28.9 Å². The molecule has 1 aliphatic heterocycles. The second kappa shape index (κ2) is 12.3. The van der Waals surface area contributed by atoms with Crippen LogP contribution in [0.3, 0.4) is 0 Å². The zero-order valence-electron chi connectivity index (χ0n) is 22.7. The smallest absolute Gasteiger partial charge is 0.497 e. The average Bonchev–Trinajstić information content (AvgIpc) is 2.94. The first-order chi connectivity index (χ1) is 20.3. The summed E-state index contributed by atoms with van der Waals surface area (Å²) < 4.78 is 98.7. The fourth-order valence-electron chi connectivity index (χ4n) is 4.53. The van der Waals surface area contributed by atoms with Gasteiger partial charge in [-0.3, -0.25) is 19.5 Å². The summed E-state index contributed by atoms with van der Waals surface area (Å²) in [5.41, 5.74) is 0.0918. The van der Waals surface area contributed by atoms with E-state index in [-0.39, 0.29) is 47.8 Å². The number of fused-ring (bicyclic) bond motifs is 1. The van der Waals surface area contributed by atoms with Crippen molar-refractivity contribution in [3.05, 3.63) is 82.0 Å². The fourth-order valence-corrected chi connectivity index (χ4v) is 5.64. The quantitative estimate of drug-likeness (QED) is 0.187. The number of alkyl halides is 3. The lowest BCUT2D eigenvalue weighted by atomic mass is 10.0. The van der Waals surface area contributed by atoms with Crippen LogP contribution in [0, 0.1) is 16.6 Å². The molecule has 4 rings (SSSR count). The summed E-state index contributed by atoms with van der Waals surface area (Å²) in [4.78, 5) is 13.1. The number of hydrogen-bond acceptors (Lipinski definition) is 8. The number of ether oxygens (including phenoxy) is 3. The topological polar surface area (TPSA) is 147 Å². The Hall–Kier alpha value is -4.70. The van der Waals surface area contributed by atoms with Gasteiger partial charge in [0.25, 0.3) is 5.56 Å². The number of aromatic nitrogens is 1. The van der Waals surface area contributed by atoms with Gasteiger partial charge in [0.2, 0.25) is 0 Å². The van der Waals surface area contributed by atoms with E-state index in [1.165, 1.54) is 49.1 Å². The van der Waals surface area contributed by atoms with Crippen LogP contribution in [0.2, 0.25) is 0 Å². The van der Waals surface area contributed by atoms with Crippen molar-refractivity contribution in [2.45, 2.75) is 19.3 Å². The van der Waals surface area contributed by atoms with Crippen LogP contribution in [0.25, 0.3) is 16.8 Å². The Kier molecular flexibility index (Phi) is 8.91. The van der Waals surface area contributed by atoms with Crippen LogP contribution in [0.4, 0.5) is 17.6 Å². The number of allylic oxidation sites excluding steroid dienone is 1. The van der Waals surface area contributed by atoms with Crippen LogP contribution < -0.4 is 24.5 Å². The van der Waals surface area contributed by atoms with Crippen LogP contribution in [0.5, 0.6) is 17.2 Å². The second-order valence-corrected chi connectivity index (χ2v) is 10.7. The standard InChI is InChI=1S/C27H25F4N5O6S/c1-40-18-10-17(11-19(12-18)42-27(29,30)31)20-13-24(41-2)23(14-21(20)28)36-22-7-9-35(15-16(22)5-6-26(36)37)43(38,39)34-25(33)4-3-8-32/h3-6,8,10-14,32H,7,9,15H2,1-2H3,(H2,33,34)/b4-3-,32-8?. The van der Waals surface area contributed by atoms with Gasteiger partial charge < -0.3 is 19.6 Å². The van der Waals surface area contributed by atoms with Crippen molar-refractivity contribution in [2.24, 2.45) is 0 Å². The Balaban J connectivity index is 1.75. The van der Waals surface area contributed by atoms with Gasteiger partial charge in [-0.1, -0.05) is 6.07 Å². The molecule has 228 valence electrons. The van der Waals surface area contributed by atoms with Crippen LogP contribution in [0.1, 0.15) is 11.3 Å². The van der Waals surface area contributed by atoms with Crippen LogP contribution in [-0.4, -0.2) is 56.5 Å². The molecule has 2 aromatic carbocycles. The van der Waals surface area contributed by atoms with Crippen LogP contribution in [0.15, 0.2) is 59.4 Å². The Morgan fingerprint density at radius 1 is 1.07 bits per heavy atom. The van der Waals surface area contributed by atoms with Gasteiger partial charge >= 0.3 is 16.6 Å². The molecule has 0 aliphatic carbocycles. The van der Waals surface area contributed by atoms with Gasteiger partial charge in [0, 0.05) is 55.2 Å². The number of amidine groups is 1. The van der Waals surface area contributed by atoms with E-state index in [1.807, 2.05) is 0 Å². The minimum Gasteiger partial charge on any atom is -0.497 e. The molecule has 0 saturated heterocycles. The molecule has 2 heterocycles. The molecule has 0 spiro atoms. The highest BCUT2D eigenvalue weighted by Gasteiger charge is 2.32. The number of nitrogens with zero attached hydrogens (tertiary/aromatic N) is 2. The number of halogens is 4. The third kappa shape index (κ3) is 7.03. The monoisotopic (exact) mass is 623 g/mol. The number of rotatable bonds is 9. The van der Waals surface area contributed by atoms with E-state index in [0.29, 0.717) is 11.3 Å². The SMILES string of the molecule is COc1cc(OC(F)(F)F)cc(-c2cc(OC)c(-n3c4c(ccc3=O)CN(S(=O)(=O)NC(=N)/C=C\C=N)CC4)cc2F)c1. The first kappa shape index (κ1) is 31.2. The molecule has 0 unspecified atom stereocenters. The zero-order valence-corrected chi connectivity index (χ0v) is 23.5. The molecule has 1 aliphatic rings. The largest absolute Gasteiger partial charge is 0.573 e. The molecular weight excluding hydrogens is 598 g/mol. The number of hydrogen-bond donors (Lipinski definition) is 3. The molecule has 16 heteroatoms. The van der Waals surface area contributed by atoms with Crippen molar-refractivity contribution in [1.29, 1.82) is 10.8 Å². The lowest BCUT2D eigenvalue weighted by molar-refractivity contribution is -0.274. The molecule has 0 atom stereocenters. The average molecular weight is 624 g/mol. The number of benzene rings is 2. The molecule has 0 bridgehead atoms. The van der Waals surface area contributed by atoms with Gasteiger partial charge in [-0.15, -0.1) is 13.2 Å². The second-order valence-electron chi connectivity index (χ2n) is 9.06. The van der Waals surface area contributed by atoms with Crippen molar-refractivity contribution in [2.75, 3.05) is 20.8 Å². The van der Waals surface area contributed by atoms with E-state index < -0.39 is 39.5 Å². The Bertz CT molecular complexity index is 1770. The lowest BCUT2D eigenvalue weighted by Crippen LogP contribution is -2.46. The molecule has 0 amide bonds. The summed E-state index contributed by atoms with van der Waals surface area (Å²) in [5, 5.41) is 14.7. The maximum atomic E-state index is 15.6. The van der Waals surface area contributed by atoms with Gasteiger partial charge in [-0.25, -0.2) is 4.39 Å². The van der Waals surface area contributed by atoms with Crippen molar-refractivity contribution in [3.63, 3.8) is 0 Å². The molecule has 0 radical (unpaired) electrons. The summed E-state index contributed by atoms with van der Waals surface area (Å²) in [5.74, 6) is -1.99. The Morgan fingerprint density at radius 2 is 1.79 bits per heavy atom. The fraction of sp³-hybridized carbons (Fsp3) is 0.222. The molecule has 0 saturated carbocycles. The Labute approximate surface area is 243 Å². The maximum Gasteiger partial charge on any atom is 0.573 e.